The Kier molecular flexibility index (Phi) is 5.19. The summed E-state index contributed by atoms with van der Waals surface area (Å²) in [6, 6.07) is 8.54. The van der Waals surface area contributed by atoms with E-state index in [1.807, 2.05) is 64.7 Å². The molecule has 6 rings (SSSR count). The number of ether oxygens (including phenoxy) is 1. The smallest absolute Gasteiger partial charge is 0.407 e. The van der Waals surface area contributed by atoms with E-state index in [0.717, 1.165) is 46.7 Å². The third kappa shape index (κ3) is 4.27. The molecule has 10 nitrogen and oxygen atoms in total. The molecule has 0 bridgehead atoms. The first kappa shape index (κ1) is 23.0. The lowest BCUT2D eigenvalue weighted by Crippen LogP contribution is -2.38. The van der Waals surface area contributed by atoms with Gasteiger partial charge in [-0.3, -0.25) is 4.68 Å². The molecule has 1 amide bonds. The molecule has 10 heteroatoms. The minimum absolute atomic E-state index is 0.167. The Labute approximate surface area is 214 Å². The summed E-state index contributed by atoms with van der Waals surface area (Å²) in [5, 5.41) is 21.4. The molecule has 0 spiro atoms. The Morgan fingerprint density at radius 1 is 1.08 bits per heavy atom. The van der Waals surface area contributed by atoms with Gasteiger partial charge in [-0.2, -0.15) is 15.5 Å². The van der Waals surface area contributed by atoms with Crippen molar-refractivity contribution in [3.63, 3.8) is 0 Å². The second-order valence-electron chi connectivity index (χ2n) is 10.8. The lowest BCUT2D eigenvalue weighted by atomic mass is 10.0. The van der Waals surface area contributed by atoms with E-state index in [2.05, 4.69) is 32.5 Å². The maximum atomic E-state index is 12.1. The summed E-state index contributed by atoms with van der Waals surface area (Å²) in [4.78, 5) is 19.1. The molecule has 37 heavy (non-hydrogen) atoms. The molecule has 1 aliphatic heterocycles. The maximum absolute atomic E-state index is 12.1. The van der Waals surface area contributed by atoms with Gasteiger partial charge in [0.05, 0.1) is 23.5 Å². The van der Waals surface area contributed by atoms with E-state index >= 15 is 0 Å². The van der Waals surface area contributed by atoms with Crippen LogP contribution in [0.2, 0.25) is 0 Å². The van der Waals surface area contributed by atoms with E-state index in [1.165, 1.54) is 0 Å². The number of fused-ring (bicyclic) bond motifs is 2. The number of nitrogens with one attached hydrogen (secondary N) is 1. The first-order valence-electron chi connectivity index (χ1n) is 12.3. The van der Waals surface area contributed by atoms with Gasteiger partial charge in [-0.1, -0.05) is 0 Å². The summed E-state index contributed by atoms with van der Waals surface area (Å²) in [6.07, 6.45) is 8.77. The average molecular weight is 497 g/mol. The lowest BCUT2D eigenvalue weighted by Gasteiger charge is -2.23. The van der Waals surface area contributed by atoms with Crippen LogP contribution in [0.15, 0.2) is 49.2 Å². The van der Waals surface area contributed by atoms with Crippen LogP contribution in [0.5, 0.6) is 0 Å². The third-order valence-corrected chi connectivity index (χ3v) is 7.03. The average Bonchev–Trinajstić information content (AvgIpc) is 3.31. The molecule has 4 aromatic heterocycles. The van der Waals surface area contributed by atoms with Crippen molar-refractivity contribution < 1.29 is 9.53 Å². The predicted octanol–water partition coefficient (Wildman–Crippen LogP) is 3.63. The number of carbonyl (C=O) groups is 1. The van der Waals surface area contributed by atoms with Crippen LogP contribution in [0, 0.1) is 23.2 Å². The second kappa shape index (κ2) is 8.34. The first-order chi connectivity index (χ1) is 17.7. The third-order valence-electron chi connectivity index (χ3n) is 7.03. The summed E-state index contributed by atoms with van der Waals surface area (Å²) < 4.78 is 8.90. The van der Waals surface area contributed by atoms with E-state index < -0.39 is 5.60 Å². The molecule has 3 atom stereocenters. The molecule has 1 unspecified atom stereocenters. The van der Waals surface area contributed by atoms with Gasteiger partial charge in [0.1, 0.15) is 17.5 Å². The Bertz CT molecular complexity index is 1530. The Morgan fingerprint density at radius 2 is 1.86 bits per heavy atom. The Morgan fingerprint density at radius 3 is 2.49 bits per heavy atom. The number of pyridine rings is 2. The van der Waals surface area contributed by atoms with Crippen LogP contribution in [0.4, 0.5) is 10.6 Å². The van der Waals surface area contributed by atoms with Crippen LogP contribution in [-0.4, -0.2) is 55.2 Å². The maximum Gasteiger partial charge on any atom is 0.407 e. The molecule has 1 saturated heterocycles. The van der Waals surface area contributed by atoms with Gasteiger partial charge in [0.25, 0.3) is 0 Å². The van der Waals surface area contributed by atoms with Crippen LogP contribution < -0.4 is 10.2 Å². The summed E-state index contributed by atoms with van der Waals surface area (Å²) in [7, 11) is 1.88. The van der Waals surface area contributed by atoms with Gasteiger partial charge in [-0.05, 0) is 39.0 Å². The van der Waals surface area contributed by atoms with Gasteiger partial charge in [0.2, 0.25) is 0 Å². The van der Waals surface area contributed by atoms with Crippen molar-refractivity contribution >= 4 is 17.4 Å². The number of piperidine rings is 1. The number of aryl methyl sites for hydroxylation is 1. The standard InChI is InChI=1S/C27H28N8O2/c1-27(2,3)37-26(36)32-24-21-14-34(15-22(21)24)23-6-5-16(9-29-23)20-7-17(19-11-30-33(4)12-19)13-35-25(20)18(8-28)10-31-35/h5-7,9-13,21-22,24H,14-15H2,1-4H3,(H,32,36)/t21-,22+,24?. The first-order valence-corrected chi connectivity index (χ1v) is 12.3. The number of anilines is 1. The molecular weight excluding hydrogens is 468 g/mol. The molecular formula is C27H28N8O2. The summed E-state index contributed by atoms with van der Waals surface area (Å²) in [5.74, 6) is 1.73. The van der Waals surface area contributed by atoms with Gasteiger partial charge >= 0.3 is 6.09 Å². The molecule has 2 fully saturated rings. The number of amides is 1. The highest BCUT2D eigenvalue weighted by Gasteiger charge is 2.57. The SMILES string of the molecule is Cn1cc(-c2cc(-c3ccc(N4C[C@@H]5C(NC(=O)OC(C)(C)C)[C@@H]5C4)nc3)c3c(C#N)cnn3c2)cn1. The quantitative estimate of drug-likeness (QED) is 0.459. The number of rotatable bonds is 4. The molecule has 0 aromatic carbocycles. The van der Waals surface area contributed by atoms with Crippen molar-refractivity contribution in [3.05, 3.63) is 54.7 Å². The Hall–Kier alpha value is -4.39. The summed E-state index contributed by atoms with van der Waals surface area (Å²) in [5.41, 5.74) is 4.49. The van der Waals surface area contributed by atoms with Crippen LogP contribution in [0.25, 0.3) is 27.8 Å². The summed E-state index contributed by atoms with van der Waals surface area (Å²) in [6.45, 7) is 7.29. The Balaban J connectivity index is 1.21. The predicted molar refractivity (Wildman–Crippen MR) is 138 cm³/mol. The lowest BCUT2D eigenvalue weighted by molar-refractivity contribution is 0.0518. The largest absolute Gasteiger partial charge is 0.444 e. The molecule has 1 aliphatic carbocycles. The normalized spacial score (nSPS) is 20.5. The fourth-order valence-corrected chi connectivity index (χ4v) is 5.26. The van der Waals surface area contributed by atoms with E-state index in [0.29, 0.717) is 17.4 Å². The topological polar surface area (TPSA) is 113 Å². The highest BCUT2D eigenvalue weighted by atomic mass is 16.6. The van der Waals surface area contributed by atoms with Crippen LogP contribution in [0.3, 0.4) is 0 Å². The zero-order chi connectivity index (χ0) is 25.9. The van der Waals surface area contributed by atoms with Gasteiger partial charge in [-0.25, -0.2) is 14.3 Å². The number of hydrogen-bond donors (Lipinski definition) is 1. The number of carbonyl (C=O) groups excluding carboxylic acids is 1. The van der Waals surface area contributed by atoms with Crippen molar-refractivity contribution in [2.45, 2.75) is 32.4 Å². The van der Waals surface area contributed by atoms with Crippen LogP contribution in [-0.2, 0) is 11.8 Å². The zero-order valence-electron chi connectivity index (χ0n) is 21.2. The summed E-state index contributed by atoms with van der Waals surface area (Å²) >= 11 is 0. The number of hydrogen-bond acceptors (Lipinski definition) is 7. The highest BCUT2D eigenvalue weighted by Crippen LogP contribution is 2.46. The van der Waals surface area contributed by atoms with Crippen LogP contribution >= 0.6 is 0 Å². The van der Waals surface area contributed by atoms with Crippen molar-refractivity contribution in [3.8, 4) is 28.3 Å². The number of nitriles is 1. The monoisotopic (exact) mass is 496 g/mol. The fraction of sp³-hybridized carbons (Fsp3) is 0.370. The van der Waals surface area contributed by atoms with Gasteiger partial charge in [0.15, 0.2) is 0 Å². The number of alkyl carbamates (subject to hydrolysis) is 1. The molecule has 2 aliphatic rings. The second-order valence-corrected chi connectivity index (χ2v) is 10.8. The van der Waals surface area contributed by atoms with Crippen molar-refractivity contribution in [1.82, 2.24) is 29.7 Å². The van der Waals surface area contributed by atoms with E-state index in [4.69, 9.17) is 9.72 Å². The van der Waals surface area contributed by atoms with Gasteiger partial charge < -0.3 is 15.0 Å². The molecule has 1 N–H and O–H groups in total. The van der Waals surface area contributed by atoms with Crippen LogP contribution in [0.1, 0.15) is 26.3 Å². The van der Waals surface area contributed by atoms with E-state index in [-0.39, 0.29) is 12.1 Å². The number of nitrogens with zero attached hydrogens (tertiary/aromatic N) is 7. The van der Waals surface area contributed by atoms with Crippen molar-refractivity contribution in [2.24, 2.45) is 18.9 Å². The molecule has 4 aromatic rings. The minimum atomic E-state index is -0.500. The minimum Gasteiger partial charge on any atom is -0.444 e. The zero-order valence-corrected chi connectivity index (χ0v) is 21.2. The number of aromatic nitrogens is 5. The molecule has 188 valence electrons. The van der Waals surface area contributed by atoms with E-state index in [9.17, 15) is 10.1 Å². The van der Waals surface area contributed by atoms with Gasteiger partial charge in [-0.15, -0.1) is 0 Å². The van der Waals surface area contributed by atoms with Crippen molar-refractivity contribution in [1.29, 1.82) is 5.26 Å². The fourth-order valence-electron chi connectivity index (χ4n) is 5.26. The molecule has 1 saturated carbocycles. The van der Waals surface area contributed by atoms with E-state index in [1.54, 1.807) is 15.4 Å². The molecule has 0 radical (unpaired) electrons. The van der Waals surface area contributed by atoms with Gasteiger partial charge in [0, 0.05) is 78.9 Å². The molecule has 5 heterocycles. The van der Waals surface area contributed by atoms with Crippen molar-refractivity contribution in [2.75, 3.05) is 18.0 Å². The highest BCUT2D eigenvalue weighted by molar-refractivity contribution is 5.87.